The van der Waals surface area contributed by atoms with E-state index in [1.165, 1.54) is 0 Å². The van der Waals surface area contributed by atoms with Gasteiger partial charge in [-0.15, -0.1) is 4.98 Å². The number of pyridine rings is 1. The van der Waals surface area contributed by atoms with E-state index in [0.717, 1.165) is 0 Å². The SMILES string of the molecule is CCNc1nc(OCC)nc(Oc2cccnc2)n1. The summed E-state index contributed by atoms with van der Waals surface area (Å²) < 4.78 is 10.8. The van der Waals surface area contributed by atoms with Gasteiger partial charge in [-0.2, -0.15) is 9.97 Å². The first kappa shape index (κ1) is 13.0. The lowest BCUT2D eigenvalue weighted by molar-refractivity contribution is 0.303. The predicted octanol–water partition coefficient (Wildman–Crippen LogP) is 1.89. The van der Waals surface area contributed by atoms with Crippen LogP contribution in [0.3, 0.4) is 0 Å². The molecule has 2 aromatic rings. The number of anilines is 1. The van der Waals surface area contributed by atoms with Gasteiger partial charge < -0.3 is 14.8 Å². The van der Waals surface area contributed by atoms with Crippen molar-refractivity contribution in [3.05, 3.63) is 24.5 Å². The molecule has 0 atom stereocenters. The number of nitrogens with zero attached hydrogens (tertiary/aromatic N) is 4. The highest BCUT2D eigenvalue weighted by Gasteiger charge is 2.08. The van der Waals surface area contributed by atoms with Crippen molar-refractivity contribution in [2.24, 2.45) is 0 Å². The van der Waals surface area contributed by atoms with Crippen molar-refractivity contribution in [1.82, 2.24) is 19.9 Å². The molecule has 7 nitrogen and oxygen atoms in total. The first-order valence-electron chi connectivity index (χ1n) is 6.02. The molecular formula is C12H15N5O2. The average molecular weight is 261 g/mol. The summed E-state index contributed by atoms with van der Waals surface area (Å²) in [6.45, 7) is 4.98. The molecule has 0 aliphatic heterocycles. The van der Waals surface area contributed by atoms with E-state index in [0.29, 0.717) is 24.8 Å². The van der Waals surface area contributed by atoms with Crippen LogP contribution in [0.15, 0.2) is 24.5 Å². The number of hydrogen-bond acceptors (Lipinski definition) is 7. The van der Waals surface area contributed by atoms with Crippen molar-refractivity contribution >= 4 is 5.95 Å². The molecule has 0 amide bonds. The monoisotopic (exact) mass is 261 g/mol. The Labute approximate surface area is 111 Å². The molecule has 0 unspecified atom stereocenters. The molecule has 0 radical (unpaired) electrons. The zero-order valence-electron chi connectivity index (χ0n) is 10.8. The summed E-state index contributed by atoms with van der Waals surface area (Å²) >= 11 is 0. The summed E-state index contributed by atoms with van der Waals surface area (Å²) in [5.74, 6) is 0.971. The molecule has 0 aliphatic carbocycles. The van der Waals surface area contributed by atoms with E-state index in [-0.39, 0.29) is 12.0 Å². The van der Waals surface area contributed by atoms with Gasteiger partial charge in [-0.3, -0.25) is 4.98 Å². The molecule has 7 heteroatoms. The molecule has 0 saturated carbocycles. The lowest BCUT2D eigenvalue weighted by atomic mass is 10.5. The first-order valence-corrected chi connectivity index (χ1v) is 6.02. The third-order valence-corrected chi connectivity index (χ3v) is 2.05. The molecule has 0 spiro atoms. The first-order chi connectivity index (χ1) is 9.31. The summed E-state index contributed by atoms with van der Waals surface area (Å²) in [5.41, 5.74) is 0. The van der Waals surface area contributed by atoms with Gasteiger partial charge in [0.05, 0.1) is 12.8 Å². The van der Waals surface area contributed by atoms with Crippen LogP contribution in [0.25, 0.3) is 0 Å². The van der Waals surface area contributed by atoms with Crippen LogP contribution in [0.5, 0.6) is 17.8 Å². The van der Waals surface area contributed by atoms with E-state index in [2.05, 4.69) is 25.3 Å². The Balaban J connectivity index is 2.23. The van der Waals surface area contributed by atoms with Crippen LogP contribution in [0.1, 0.15) is 13.8 Å². The summed E-state index contributed by atoms with van der Waals surface area (Å²) in [5, 5.41) is 2.99. The molecule has 100 valence electrons. The van der Waals surface area contributed by atoms with Crippen LogP contribution >= 0.6 is 0 Å². The minimum Gasteiger partial charge on any atom is -0.464 e. The summed E-state index contributed by atoms with van der Waals surface area (Å²) in [6, 6.07) is 3.93. The summed E-state index contributed by atoms with van der Waals surface area (Å²) in [7, 11) is 0. The Kier molecular flexibility index (Phi) is 4.44. The third kappa shape index (κ3) is 3.77. The smallest absolute Gasteiger partial charge is 0.330 e. The molecule has 0 aromatic carbocycles. The van der Waals surface area contributed by atoms with Crippen LogP contribution in [0.4, 0.5) is 5.95 Å². The molecule has 2 aromatic heterocycles. The molecule has 0 saturated heterocycles. The predicted molar refractivity (Wildman–Crippen MR) is 69.5 cm³/mol. The van der Waals surface area contributed by atoms with Crippen molar-refractivity contribution < 1.29 is 9.47 Å². The highest BCUT2D eigenvalue weighted by atomic mass is 16.5. The van der Waals surface area contributed by atoms with E-state index in [4.69, 9.17) is 9.47 Å². The topological polar surface area (TPSA) is 82.1 Å². The Bertz CT molecular complexity index is 497. The molecule has 19 heavy (non-hydrogen) atoms. The fourth-order valence-electron chi connectivity index (χ4n) is 1.33. The second kappa shape index (κ2) is 6.48. The molecule has 0 fully saturated rings. The van der Waals surface area contributed by atoms with Gasteiger partial charge in [-0.25, -0.2) is 0 Å². The molecule has 2 heterocycles. The quantitative estimate of drug-likeness (QED) is 0.850. The van der Waals surface area contributed by atoms with Gasteiger partial charge >= 0.3 is 12.0 Å². The van der Waals surface area contributed by atoms with Crippen molar-refractivity contribution in [2.75, 3.05) is 18.5 Å². The normalized spacial score (nSPS) is 10.0. The lowest BCUT2D eigenvalue weighted by Gasteiger charge is -2.08. The molecular weight excluding hydrogens is 246 g/mol. The largest absolute Gasteiger partial charge is 0.464 e. The van der Waals surface area contributed by atoms with Crippen molar-refractivity contribution in [3.63, 3.8) is 0 Å². The summed E-state index contributed by atoms with van der Waals surface area (Å²) in [4.78, 5) is 16.3. The molecule has 0 aliphatic rings. The molecule has 2 rings (SSSR count). The van der Waals surface area contributed by atoms with Crippen LogP contribution in [-0.4, -0.2) is 33.1 Å². The maximum atomic E-state index is 5.51. The van der Waals surface area contributed by atoms with E-state index in [1.807, 2.05) is 13.8 Å². The number of ether oxygens (including phenoxy) is 2. The minimum atomic E-state index is 0.169. The maximum Gasteiger partial charge on any atom is 0.330 e. The van der Waals surface area contributed by atoms with Crippen LogP contribution in [0.2, 0.25) is 0 Å². The van der Waals surface area contributed by atoms with Crippen molar-refractivity contribution in [3.8, 4) is 17.8 Å². The van der Waals surface area contributed by atoms with E-state index in [1.54, 1.807) is 24.5 Å². The van der Waals surface area contributed by atoms with Gasteiger partial charge in [0.15, 0.2) is 0 Å². The highest BCUT2D eigenvalue weighted by Crippen LogP contribution is 2.19. The van der Waals surface area contributed by atoms with Crippen molar-refractivity contribution in [1.29, 1.82) is 0 Å². The van der Waals surface area contributed by atoms with Gasteiger partial charge in [0, 0.05) is 12.7 Å². The Hall–Kier alpha value is -2.44. The van der Waals surface area contributed by atoms with Crippen molar-refractivity contribution in [2.45, 2.75) is 13.8 Å². The van der Waals surface area contributed by atoms with Gasteiger partial charge in [-0.1, -0.05) is 0 Å². The lowest BCUT2D eigenvalue weighted by Crippen LogP contribution is -2.07. The van der Waals surface area contributed by atoms with Crippen LogP contribution in [-0.2, 0) is 0 Å². The van der Waals surface area contributed by atoms with E-state index < -0.39 is 0 Å². The van der Waals surface area contributed by atoms with E-state index >= 15 is 0 Å². The standard InChI is InChI=1S/C12H15N5O2/c1-3-14-10-15-11(18-4-2)17-12(16-10)19-9-6-5-7-13-8-9/h5-8H,3-4H2,1-2H3,(H,14,15,16,17). The Morgan fingerprint density at radius 3 is 2.68 bits per heavy atom. The fraction of sp³-hybridized carbons (Fsp3) is 0.333. The Morgan fingerprint density at radius 1 is 1.16 bits per heavy atom. The number of rotatable bonds is 6. The third-order valence-electron chi connectivity index (χ3n) is 2.05. The highest BCUT2D eigenvalue weighted by molar-refractivity contribution is 5.29. The van der Waals surface area contributed by atoms with Gasteiger partial charge in [-0.05, 0) is 26.0 Å². The van der Waals surface area contributed by atoms with Gasteiger partial charge in [0.25, 0.3) is 0 Å². The maximum absolute atomic E-state index is 5.51. The van der Waals surface area contributed by atoms with Crippen LogP contribution < -0.4 is 14.8 Å². The second-order valence-corrected chi connectivity index (χ2v) is 3.48. The molecule has 0 bridgehead atoms. The zero-order chi connectivity index (χ0) is 13.5. The fourth-order valence-corrected chi connectivity index (χ4v) is 1.33. The zero-order valence-corrected chi connectivity index (χ0v) is 10.8. The minimum absolute atomic E-state index is 0.169. The summed E-state index contributed by atoms with van der Waals surface area (Å²) in [6.07, 6.45) is 3.24. The van der Waals surface area contributed by atoms with E-state index in [9.17, 15) is 0 Å². The Morgan fingerprint density at radius 2 is 2.00 bits per heavy atom. The number of aromatic nitrogens is 4. The van der Waals surface area contributed by atoms with Gasteiger partial charge in [0.2, 0.25) is 5.95 Å². The molecule has 1 N–H and O–H groups in total. The van der Waals surface area contributed by atoms with Crippen LogP contribution in [0, 0.1) is 0 Å². The average Bonchev–Trinajstić information content (AvgIpc) is 2.40. The van der Waals surface area contributed by atoms with Gasteiger partial charge in [0.1, 0.15) is 5.75 Å². The number of hydrogen-bond donors (Lipinski definition) is 1. The number of nitrogens with one attached hydrogen (secondary N) is 1. The second-order valence-electron chi connectivity index (χ2n) is 3.48.